The predicted octanol–water partition coefficient (Wildman–Crippen LogP) is 4.93. The Morgan fingerprint density at radius 2 is 1.77 bits per heavy atom. The van der Waals surface area contributed by atoms with Crippen molar-refractivity contribution in [1.82, 2.24) is 5.32 Å². The third-order valence-corrected chi connectivity index (χ3v) is 5.60. The average molecular weight is 371 g/mol. The fourth-order valence-electron chi connectivity index (χ4n) is 3.97. The van der Waals surface area contributed by atoms with Gasteiger partial charge in [-0.3, -0.25) is 10.8 Å². The molecule has 2 heterocycles. The van der Waals surface area contributed by atoms with Crippen LogP contribution in [0.25, 0.3) is 10.1 Å². The van der Waals surface area contributed by atoms with Crippen LogP contribution in [0.4, 0.5) is 0 Å². The number of hydrogen-bond donors (Lipinski definition) is 4. The molecular formula is C21H30N4S. The average Bonchev–Trinajstić information content (AvgIpc) is 2.94. The molecule has 140 valence electrons. The molecule has 0 radical (unpaired) electrons. The van der Waals surface area contributed by atoms with Crippen LogP contribution in [0.5, 0.6) is 0 Å². The lowest BCUT2D eigenvalue weighted by Crippen LogP contribution is -2.57. The molecule has 26 heavy (non-hydrogen) atoms. The molecule has 0 unspecified atom stereocenters. The minimum absolute atomic E-state index is 0.149. The smallest absolute Gasteiger partial charge is 0.0765 e. The minimum atomic E-state index is 0.149. The van der Waals surface area contributed by atoms with Crippen molar-refractivity contribution in [1.29, 1.82) is 10.8 Å². The Labute approximate surface area is 160 Å². The Morgan fingerprint density at radius 1 is 1.19 bits per heavy atom. The zero-order chi connectivity index (χ0) is 19.4. The van der Waals surface area contributed by atoms with Gasteiger partial charge >= 0.3 is 0 Å². The number of rotatable bonds is 3. The van der Waals surface area contributed by atoms with Gasteiger partial charge in [-0.15, -0.1) is 11.3 Å². The Hall–Kier alpha value is -1.98. The van der Waals surface area contributed by atoms with Gasteiger partial charge in [0.2, 0.25) is 0 Å². The van der Waals surface area contributed by atoms with Gasteiger partial charge < -0.3 is 11.1 Å². The maximum absolute atomic E-state index is 8.39. The highest BCUT2D eigenvalue weighted by Gasteiger charge is 2.36. The van der Waals surface area contributed by atoms with Crippen LogP contribution in [0.15, 0.2) is 42.5 Å². The molecule has 1 saturated heterocycles. The van der Waals surface area contributed by atoms with Gasteiger partial charge in [-0.05, 0) is 70.0 Å². The largest absolute Gasteiger partial charge is 0.390 e. The van der Waals surface area contributed by atoms with Gasteiger partial charge in [0.15, 0.2) is 0 Å². The first-order chi connectivity index (χ1) is 12.2. The SMILES string of the molecule is CC1(C)CC(/C=C\C(=N)c2cc3ccccc3s2)CC(C)(C)N1.N=CN. The summed E-state index contributed by atoms with van der Waals surface area (Å²) >= 11 is 1.70. The number of allylic oxidation sites excluding steroid dienone is 2. The maximum Gasteiger partial charge on any atom is 0.0765 e. The van der Waals surface area contributed by atoms with E-state index in [2.05, 4.69) is 75.2 Å². The van der Waals surface area contributed by atoms with Gasteiger partial charge in [-0.2, -0.15) is 0 Å². The van der Waals surface area contributed by atoms with E-state index in [0.717, 1.165) is 24.1 Å². The van der Waals surface area contributed by atoms with Crippen molar-refractivity contribution >= 4 is 33.5 Å². The molecule has 1 aliphatic heterocycles. The molecule has 0 atom stereocenters. The monoisotopic (exact) mass is 370 g/mol. The second-order valence-corrected chi connectivity index (χ2v) is 9.23. The molecule has 0 spiro atoms. The number of piperidine rings is 1. The standard InChI is InChI=1S/C20H26N2S.CH4N2/c1-19(2)12-14(13-20(3,4)22-19)9-10-16(21)18-11-15-7-5-6-8-17(15)23-18;2-1-3/h5-11,14,21-22H,12-13H2,1-4H3;1H,(H3,2,3)/b10-9-,21-16?;. The number of thiophene rings is 1. The third-order valence-electron chi connectivity index (χ3n) is 4.45. The van der Waals surface area contributed by atoms with E-state index in [1.165, 1.54) is 10.1 Å². The van der Waals surface area contributed by atoms with E-state index in [1.807, 2.05) is 6.08 Å². The lowest BCUT2D eigenvalue weighted by Gasteiger charge is -2.45. The van der Waals surface area contributed by atoms with Crippen LogP contribution in [-0.4, -0.2) is 23.1 Å². The molecule has 1 fully saturated rings. The molecule has 5 heteroatoms. The lowest BCUT2D eigenvalue weighted by atomic mass is 9.76. The number of benzene rings is 1. The molecule has 0 bridgehead atoms. The van der Waals surface area contributed by atoms with Gasteiger partial charge in [0.05, 0.1) is 16.9 Å². The quantitative estimate of drug-likeness (QED) is 0.456. The number of hydrogen-bond acceptors (Lipinski definition) is 4. The molecular weight excluding hydrogens is 340 g/mol. The first-order valence-corrected chi connectivity index (χ1v) is 9.73. The Kier molecular flexibility index (Phi) is 6.37. The highest BCUT2D eigenvalue weighted by Crippen LogP contribution is 2.34. The summed E-state index contributed by atoms with van der Waals surface area (Å²) in [6.45, 7) is 9.08. The molecule has 0 amide bonds. The topological polar surface area (TPSA) is 85.8 Å². The molecule has 1 aromatic heterocycles. The number of nitrogens with two attached hydrogens (primary N) is 1. The van der Waals surface area contributed by atoms with E-state index in [-0.39, 0.29) is 11.1 Å². The molecule has 3 rings (SSSR count). The van der Waals surface area contributed by atoms with E-state index >= 15 is 0 Å². The number of fused-ring (bicyclic) bond motifs is 1. The van der Waals surface area contributed by atoms with Crippen molar-refractivity contribution in [2.45, 2.75) is 51.6 Å². The van der Waals surface area contributed by atoms with Gasteiger partial charge in [0.1, 0.15) is 0 Å². The third kappa shape index (κ3) is 5.51. The van der Waals surface area contributed by atoms with Crippen LogP contribution in [0, 0.1) is 16.7 Å². The summed E-state index contributed by atoms with van der Waals surface area (Å²) in [7, 11) is 0. The van der Waals surface area contributed by atoms with E-state index in [1.54, 1.807) is 11.3 Å². The Balaban J connectivity index is 0.000000758. The van der Waals surface area contributed by atoms with Gasteiger partial charge in [0.25, 0.3) is 0 Å². The molecule has 1 aliphatic rings. The fourth-order valence-corrected chi connectivity index (χ4v) is 4.96. The molecule has 2 aromatic rings. The summed E-state index contributed by atoms with van der Waals surface area (Å²) in [5, 5.41) is 19.2. The van der Waals surface area contributed by atoms with E-state index in [0.29, 0.717) is 11.6 Å². The van der Waals surface area contributed by atoms with Crippen molar-refractivity contribution in [3.63, 3.8) is 0 Å². The highest BCUT2D eigenvalue weighted by molar-refractivity contribution is 7.21. The summed E-state index contributed by atoms with van der Waals surface area (Å²) in [5.41, 5.74) is 5.31. The predicted molar refractivity (Wildman–Crippen MR) is 115 cm³/mol. The zero-order valence-corrected chi connectivity index (χ0v) is 16.9. The summed E-state index contributed by atoms with van der Waals surface area (Å²) < 4.78 is 1.25. The molecule has 0 saturated carbocycles. The van der Waals surface area contributed by atoms with Crippen LogP contribution >= 0.6 is 11.3 Å². The van der Waals surface area contributed by atoms with Crippen LogP contribution in [-0.2, 0) is 0 Å². The lowest BCUT2D eigenvalue weighted by molar-refractivity contribution is 0.150. The minimum Gasteiger partial charge on any atom is -0.390 e. The summed E-state index contributed by atoms with van der Waals surface area (Å²) in [6, 6.07) is 10.5. The van der Waals surface area contributed by atoms with Crippen LogP contribution in [0.1, 0.15) is 45.4 Å². The number of nitrogens with one attached hydrogen (secondary N) is 3. The van der Waals surface area contributed by atoms with Crippen LogP contribution in [0.2, 0.25) is 0 Å². The molecule has 1 aromatic carbocycles. The second kappa shape index (κ2) is 8.14. The first-order valence-electron chi connectivity index (χ1n) is 8.91. The normalized spacial score (nSPS) is 19.1. The fraction of sp³-hybridized carbons (Fsp3) is 0.429. The Bertz CT molecular complexity index is 752. The molecule has 4 nitrogen and oxygen atoms in total. The summed E-state index contributed by atoms with van der Waals surface area (Å²) in [5.74, 6) is 0.524. The van der Waals surface area contributed by atoms with E-state index in [4.69, 9.17) is 10.8 Å². The molecule has 5 N–H and O–H groups in total. The highest BCUT2D eigenvalue weighted by atomic mass is 32.1. The first kappa shape index (κ1) is 20.3. The maximum atomic E-state index is 8.39. The van der Waals surface area contributed by atoms with Gasteiger partial charge in [-0.25, -0.2) is 0 Å². The van der Waals surface area contributed by atoms with E-state index in [9.17, 15) is 0 Å². The van der Waals surface area contributed by atoms with Crippen LogP contribution < -0.4 is 11.1 Å². The van der Waals surface area contributed by atoms with Gasteiger partial charge in [0, 0.05) is 15.8 Å². The van der Waals surface area contributed by atoms with E-state index < -0.39 is 0 Å². The zero-order valence-electron chi connectivity index (χ0n) is 16.1. The van der Waals surface area contributed by atoms with Crippen molar-refractivity contribution in [3.8, 4) is 0 Å². The van der Waals surface area contributed by atoms with Crippen molar-refractivity contribution in [2.24, 2.45) is 11.7 Å². The summed E-state index contributed by atoms with van der Waals surface area (Å²) in [6.07, 6.45) is 7.24. The summed E-state index contributed by atoms with van der Waals surface area (Å²) in [4.78, 5) is 1.05. The van der Waals surface area contributed by atoms with Gasteiger partial charge in [-0.1, -0.05) is 24.3 Å². The Morgan fingerprint density at radius 3 is 2.35 bits per heavy atom. The van der Waals surface area contributed by atoms with Crippen molar-refractivity contribution in [2.75, 3.05) is 0 Å². The second-order valence-electron chi connectivity index (χ2n) is 8.15. The molecule has 0 aliphatic carbocycles. The van der Waals surface area contributed by atoms with Crippen LogP contribution in [0.3, 0.4) is 0 Å². The van der Waals surface area contributed by atoms with Crippen molar-refractivity contribution < 1.29 is 0 Å². The van der Waals surface area contributed by atoms with Crippen molar-refractivity contribution in [3.05, 3.63) is 47.4 Å².